The average Bonchev–Trinajstić information content (AvgIpc) is 2.63. The van der Waals surface area contributed by atoms with Gasteiger partial charge in [0.15, 0.2) is 5.11 Å². The molecule has 0 heterocycles. The number of halogens is 2. The van der Waals surface area contributed by atoms with E-state index in [0.29, 0.717) is 28.3 Å². The number of nitrogens with one attached hydrogen (secondary N) is 3. The SMILES string of the molecule is COc1cccc([C@H](CNC(=S)Nc2ccc(SC(F)F)cc2)[NH+](C)C)c1. The van der Waals surface area contributed by atoms with Crippen LogP contribution in [-0.2, 0) is 0 Å². The topological polar surface area (TPSA) is 37.7 Å². The first kappa shape index (κ1) is 21.4. The van der Waals surface area contributed by atoms with E-state index < -0.39 is 5.76 Å². The number of alkyl halides is 2. The minimum Gasteiger partial charge on any atom is -0.497 e. The van der Waals surface area contributed by atoms with Crippen molar-refractivity contribution in [2.75, 3.05) is 33.1 Å². The fourth-order valence-corrected chi connectivity index (χ4v) is 3.30. The molecular formula is C19H24F2N3OS2+. The molecule has 0 saturated carbocycles. The summed E-state index contributed by atoms with van der Waals surface area (Å²) in [6.45, 7) is 0.640. The van der Waals surface area contributed by atoms with Crippen molar-refractivity contribution in [3.63, 3.8) is 0 Å². The van der Waals surface area contributed by atoms with E-state index in [1.54, 1.807) is 31.4 Å². The third-order valence-corrected chi connectivity index (χ3v) is 4.97. The number of thiocarbonyl (C=S) groups is 1. The van der Waals surface area contributed by atoms with E-state index in [2.05, 4.69) is 30.8 Å². The molecule has 8 heteroatoms. The first-order valence-electron chi connectivity index (χ1n) is 8.42. The molecule has 0 spiro atoms. The molecule has 27 heavy (non-hydrogen) atoms. The average molecular weight is 413 g/mol. The molecule has 146 valence electrons. The zero-order chi connectivity index (χ0) is 19.8. The highest BCUT2D eigenvalue weighted by molar-refractivity contribution is 7.99. The van der Waals surface area contributed by atoms with Gasteiger partial charge in [0.05, 0.1) is 27.7 Å². The number of quaternary nitrogens is 1. The van der Waals surface area contributed by atoms with Gasteiger partial charge in [0.1, 0.15) is 11.8 Å². The molecule has 0 unspecified atom stereocenters. The van der Waals surface area contributed by atoms with Gasteiger partial charge in [0.25, 0.3) is 5.76 Å². The van der Waals surface area contributed by atoms with Gasteiger partial charge in [-0.05, 0) is 48.6 Å². The van der Waals surface area contributed by atoms with E-state index in [0.717, 1.165) is 17.0 Å². The molecule has 2 aromatic carbocycles. The lowest BCUT2D eigenvalue weighted by Crippen LogP contribution is -3.07. The Morgan fingerprint density at radius 1 is 1.19 bits per heavy atom. The number of anilines is 1. The van der Waals surface area contributed by atoms with E-state index in [-0.39, 0.29) is 6.04 Å². The van der Waals surface area contributed by atoms with Gasteiger partial charge in [0.2, 0.25) is 0 Å². The summed E-state index contributed by atoms with van der Waals surface area (Å²) in [5, 5.41) is 6.79. The van der Waals surface area contributed by atoms with Crippen molar-refractivity contribution in [3.8, 4) is 5.75 Å². The Bertz CT molecular complexity index is 742. The monoisotopic (exact) mass is 412 g/mol. The summed E-state index contributed by atoms with van der Waals surface area (Å²) in [5.41, 5.74) is 1.90. The van der Waals surface area contributed by atoms with Crippen LogP contribution in [0.4, 0.5) is 14.5 Å². The molecule has 0 aliphatic rings. The van der Waals surface area contributed by atoms with Crippen LogP contribution in [0.15, 0.2) is 53.4 Å². The third-order valence-electron chi connectivity index (χ3n) is 4.00. The first-order chi connectivity index (χ1) is 12.9. The molecule has 3 N–H and O–H groups in total. The normalized spacial score (nSPS) is 12.1. The minimum atomic E-state index is -2.42. The van der Waals surface area contributed by atoms with Crippen molar-refractivity contribution in [2.45, 2.75) is 16.7 Å². The van der Waals surface area contributed by atoms with Gasteiger partial charge in [0, 0.05) is 16.1 Å². The van der Waals surface area contributed by atoms with Crippen LogP contribution in [0.1, 0.15) is 11.6 Å². The van der Waals surface area contributed by atoms with Crippen LogP contribution < -0.4 is 20.3 Å². The molecule has 0 aromatic heterocycles. The number of methoxy groups -OCH3 is 1. The third kappa shape index (κ3) is 6.97. The van der Waals surface area contributed by atoms with Crippen molar-refractivity contribution in [1.82, 2.24) is 5.32 Å². The lowest BCUT2D eigenvalue weighted by atomic mass is 10.1. The number of benzene rings is 2. The lowest BCUT2D eigenvalue weighted by molar-refractivity contribution is -0.890. The van der Waals surface area contributed by atoms with E-state index in [9.17, 15) is 8.78 Å². The van der Waals surface area contributed by atoms with Gasteiger partial charge in [-0.2, -0.15) is 8.78 Å². The minimum absolute atomic E-state index is 0.185. The summed E-state index contributed by atoms with van der Waals surface area (Å²) in [6, 6.07) is 14.9. The zero-order valence-electron chi connectivity index (χ0n) is 15.5. The van der Waals surface area contributed by atoms with Crippen LogP contribution >= 0.6 is 24.0 Å². The highest BCUT2D eigenvalue weighted by Gasteiger charge is 2.18. The molecule has 0 radical (unpaired) electrons. The maximum absolute atomic E-state index is 12.4. The Hall–Kier alpha value is -1.90. The van der Waals surface area contributed by atoms with Crippen LogP contribution in [0, 0.1) is 0 Å². The number of rotatable bonds is 8. The summed E-state index contributed by atoms with van der Waals surface area (Å²) >= 11 is 5.88. The quantitative estimate of drug-likeness (QED) is 0.459. The van der Waals surface area contributed by atoms with Gasteiger partial charge >= 0.3 is 0 Å². The molecule has 0 saturated heterocycles. The largest absolute Gasteiger partial charge is 0.497 e. The molecule has 2 aromatic rings. The van der Waals surface area contributed by atoms with E-state index in [1.165, 1.54) is 4.90 Å². The maximum Gasteiger partial charge on any atom is 0.288 e. The molecular weight excluding hydrogens is 388 g/mol. The molecule has 0 bridgehead atoms. The predicted molar refractivity (Wildman–Crippen MR) is 111 cm³/mol. The van der Waals surface area contributed by atoms with Crippen molar-refractivity contribution in [3.05, 3.63) is 54.1 Å². The Kier molecular flexibility index (Phi) is 8.27. The van der Waals surface area contributed by atoms with Crippen LogP contribution in [0.2, 0.25) is 0 Å². The zero-order valence-corrected chi connectivity index (χ0v) is 17.1. The summed E-state index contributed by atoms with van der Waals surface area (Å²) in [4.78, 5) is 1.77. The Labute approximate surface area is 168 Å². The number of hydrogen-bond donors (Lipinski definition) is 3. The Morgan fingerprint density at radius 2 is 1.89 bits per heavy atom. The molecule has 1 atom stereocenters. The number of hydrogen-bond acceptors (Lipinski definition) is 3. The van der Waals surface area contributed by atoms with Gasteiger partial charge in [-0.1, -0.05) is 23.9 Å². The standard InChI is InChI=1S/C19H23F2N3OS2/c1-24(2)17(13-5-4-6-15(11-13)25-3)12-22-19(26)23-14-7-9-16(10-8-14)27-18(20)21/h4-11,17-18H,12H2,1-3H3,(H2,22,23,26)/p+1/t17-/m0/s1. The fourth-order valence-electron chi connectivity index (χ4n) is 2.60. The molecule has 2 rings (SSSR count). The number of thioether (sulfide) groups is 1. The van der Waals surface area contributed by atoms with E-state index in [1.807, 2.05) is 18.2 Å². The highest BCUT2D eigenvalue weighted by atomic mass is 32.2. The van der Waals surface area contributed by atoms with Crippen LogP contribution in [0.25, 0.3) is 0 Å². The fraction of sp³-hybridized carbons (Fsp3) is 0.316. The molecule has 4 nitrogen and oxygen atoms in total. The van der Waals surface area contributed by atoms with Crippen molar-refractivity contribution >= 4 is 34.8 Å². The highest BCUT2D eigenvalue weighted by Crippen LogP contribution is 2.26. The second-order valence-electron chi connectivity index (χ2n) is 6.14. The van der Waals surface area contributed by atoms with Gasteiger partial charge in [-0.15, -0.1) is 0 Å². The van der Waals surface area contributed by atoms with E-state index in [4.69, 9.17) is 17.0 Å². The summed E-state index contributed by atoms with van der Waals surface area (Å²) < 4.78 is 30.0. The predicted octanol–water partition coefficient (Wildman–Crippen LogP) is 3.18. The Balaban J connectivity index is 1.93. The molecule has 0 fully saturated rings. The van der Waals surface area contributed by atoms with Crippen LogP contribution in [0.3, 0.4) is 0 Å². The summed E-state index contributed by atoms with van der Waals surface area (Å²) in [5.74, 6) is -1.60. The van der Waals surface area contributed by atoms with Gasteiger partial charge < -0.3 is 20.3 Å². The summed E-state index contributed by atoms with van der Waals surface area (Å²) in [6.07, 6.45) is 0. The Morgan fingerprint density at radius 3 is 2.48 bits per heavy atom. The smallest absolute Gasteiger partial charge is 0.288 e. The van der Waals surface area contributed by atoms with Crippen molar-refractivity contribution in [2.24, 2.45) is 0 Å². The second kappa shape index (κ2) is 10.4. The molecule has 0 amide bonds. The summed E-state index contributed by atoms with van der Waals surface area (Å²) in [7, 11) is 5.82. The van der Waals surface area contributed by atoms with Gasteiger partial charge in [-0.3, -0.25) is 0 Å². The molecule has 0 aliphatic carbocycles. The molecule has 0 aliphatic heterocycles. The second-order valence-corrected chi connectivity index (χ2v) is 7.62. The first-order valence-corrected chi connectivity index (χ1v) is 9.71. The maximum atomic E-state index is 12.4. The van der Waals surface area contributed by atoms with Crippen LogP contribution in [0.5, 0.6) is 5.75 Å². The van der Waals surface area contributed by atoms with Crippen molar-refractivity contribution < 1.29 is 18.4 Å². The number of likely N-dealkylation sites (N-methyl/N-ethyl adjacent to an activating group) is 1. The van der Waals surface area contributed by atoms with E-state index >= 15 is 0 Å². The van der Waals surface area contributed by atoms with Gasteiger partial charge in [-0.25, -0.2) is 0 Å². The lowest BCUT2D eigenvalue weighted by Gasteiger charge is -2.23. The number of ether oxygens (including phenoxy) is 1. The van der Waals surface area contributed by atoms with Crippen molar-refractivity contribution in [1.29, 1.82) is 0 Å². The van der Waals surface area contributed by atoms with Crippen LogP contribution in [-0.4, -0.2) is 38.6 Å².